The molecule has 14 aromatic carbocycles. The van der Waals surface area contributed by atoms with Gasteiger partial charge < -0.3 is 0 Å². The van der Waals surface area contributed by atoms with Crippen LogP contribution in [0.3, 0.4) is 0 Å². The van der Waals surface area contributed by atoms with Gasteiger partial charge in [0.15, 0.2) is 0 Å². The molecule has 0 unspecified atom stereocenters. The topological polar surface area (TPSA) is 0 Å². The van der Waals surface area contributed by atoms with E-state index in [1.165, 1.54) is 153 Å². The molecule has 14 aromatic rings. The Balaban J connectivity index is 1.17. The second-order valence-corrected chi connectivity index (χ2v) is 17.8. The predicted octanol–water partition coefficient (Wildman–Crippen LogP) is 18.1. The molecule has 292 valence electrons. The van der Waals surface area contributed by atoms with Gasteiger partial charge in [-0.25, -0.2) is 0 Å². The van der Waals surface area contributed by atoms with Gasteiger partial charge in [-0.2, -0.15) is 0 Å². The van der Waals surface area contributed by atoms with E-state index in [1.54, 1.807) is 0 Å². The zero-order valence-corrected chi connectivity index (χ0v) is 34.8. The monoisotopic (exact) mass is 804 g/mol. The van der Waals surface area contributed by atoms with Gasteiger partial charge in [0.05, 0.1) is 0 Å². The van der Waals surface area contributed by atoms with E-state index in [0.29, 0.717) is 0 Å². The highest BCUT2D eigenvalue weighted by molar-refractivity contribution is 6.43. The summed E-state index contributed by atoms with van der Waals surface area (Å²) < 4.78 is 0. The molecule has 0 amide bonds. The molecule has 0 aromatic heterocycles. The first kappa shape index (κ1) is 34.3. The van der Waals surface area contributed by atoms with E-state index < -0.39 is 0 Å². The van der Waals surface area contributed by atoms with Crippen LogP contribution in [0.25, 0.3) is 153 Å². The number of fused-ring (bicyclic) bond motifs is 8. The van der Waals surface area contributed by atoms with Crippen LogP contribution in [-0.2, 0) is 0 Å². The van der Waals surface area contributed by atoms with Gasteiger partial charge in [-0.15, -0.1) is 0 Å². The summed E-state index contributed by atoms with van der Waals surface area (Å²) in [6.45, 7) is 0. The molecule has 0 aliphatic heterocycles. The highest BCUT2D eigenvalue weighted by atomic mass is 14.4. The van der Waals surface area contributed by atoms with Gasteiger partial charge in [0.2, 0.25) is 0 Å². The van der Waals surface area contributed by atoms with Gasteiger partial charge in [-0.3, -0.25) is 0 Å². The average molecular weight is 805 g/mol. The van der Waals surface area contributed by atoms with Crippen molar-refractivity contribution in [1.82, 2.24) is 0 Å². The molecule has 0 saturated heterocycles. The third-order valence-corrected chi connectivity index (χ3v) is 14.7. The molecule has 0 heterocycles. The maximum absolute atomic E-state index is 2.46. The van der Waals surface area contributed by atoms with Crippen molar-refractivity contribution in [3.63, 3.8) is 0 Å². The van der Waals surface area contributed by atoms with Crippen molar-refractivity contribution >= 4 is 86.2 Å². The number of hydrogen-bond acceptors (Lipinski definition) is 0. The van der Waals surface area contributed by atoms with E-state index in [1.807, 2.05) is 0 Å². The van der Waals surface area contributed by atoms with E-state index >= 15 is 0 Å². The van der Waals surface area contributed by atoms with Gasteiger partial charge in [-0.1, -0.05) is 218 Å². The summed E-state index contributed by atoms with van der Waals surface area (Å²) in [4.78, 5) is 0. The molecular formula is C64H36. The molecule has 0 radical (unpaired) electrons. The first-order valence-corrected chi connectivity index (χ1v) is 22.4. The lowest BCUT2D eigenvalue weighted by Crippen LogP contribution is -1.97. The second kappa shape index (κ2) is 12.6. The van der Waals surface area contributed by atoms with Crippen LogP contribution < -0.4 is 0 Å². The van der Waals surface area contributed by atoms with Crippen LogP contribution >= 0.6 is 0 Å². The fourth-order valence-corrected chi connectivity index (χ4v) is 12.0. The Morgan fingerprint density at radius 3 is 0.953 bits per heavy atom. The van der Waals surface area contributed by atoms with Crippen molar-refractivity contribution < 1.29 is 0 Å². The Morgan fingerprint density at radius 1 is 0.156 bits per heavy atom. The average Bonchev–Trinajstić information content (AvgIpc) is 3.70. The van der Waals surface area contributed by atoms with Gasteiger partial charge in [0.1, 0.15) is 0 Å². The quantitative estimate of drug-likeness (QED) is 0.123. The Morgan fingerprint density at radius 2 is 0.516 bits per heavy atom. The third-order valence-electron chi connectivity index (χ3n) is 14.7. The van der Waals surface area contributed by atoms with Crippen LogP contribution in [0.4, 0.5) is 0 Å². The maximum atomic E-state index is 2.46. The molecule has 15 rings (SSSR count). The molecule has 0 atom stereocenters. The molecule has 0 heteroatoms. The fourth-order valence-electron chi connectivity index (χ4n) is 12.0. The smallest absolute Gasteiger partial charge is 0.000717 e. The predicted molar refractivity (Wildman–Crippen MR) is 275 cm³/mol. The molecule has 0 N–H and O–H groups in total. The largest absolute Gasteiger partial charge is 0.0622 e. The molecule has 0 saturated carbocycles. The minimum Gasteiger partial charge on any atom is -0.0622 e. The maximum Gasteiger partial charge on any atom is -0.000717 e. The van der Waals surface area contributed by atoms with Crippen molar-refractivity contribution in [1.29, 1.82) is 0 Å². The summed E-state index contributed by atoms with van der Waals surface area (Å²) in [5, 5.41) is 21.1. The fraction of sp³-hybridized carbons (Fsp3) is 0. The lowest BCUT2D eigenvalue weighted by atomic mass is 9.78. The molecule has 0 fully saturated rings. The van der Waals surface area contributed by atoms with E-state index in [4.69, 9.17) is 0 Å². The van der Waals surface area contributed by atoms with E-state index in [9.17, 15) is 0 Å². The zero-order chi connectivity index (χ0) is 41.6. The van der Waals surface area contributed by atoms with Crippen molar-refractivity contribution in [2.75, 3.05) is 0 Å². The summed E-state index contributed by atoms with van der Waals surface area (Å²) in [7, 11) is 0. The Labute approximate surface area is 369 Å². The van der Waals surface area contributed by atoms with Crippen LogP contribution in [0.15, 0.2) is 218 Å². The molecule has 0 spiro atoms. The lowest BCUT2D eigenvalue weighted by Gasteiger charge is -2.24. The minimum absolute atomic E-state index is 1.22. The number of hydrogen-bond donors (Lipinski definition) is 0. The van der Waals surface area contributed by atoms with E-state index in [0.717, 1.165) is 0 Å². The van der Waals surface area contributed by atoms with Crippen LogP contribution in [0.5, 0.6) is 0 Å². The third kappa shape index (κ3) is 4.46. The summed E-state index contributed by atoms with van der Waals surface area (Å²) in [6, 6.07) is 82.3. The van der Waals surface area contributed by atoms with Crippen LogP contribution in [0, 0.1) is 0 Å². The summed E-state index contributed by atoms with van der Waals surface area (Å²) in [5.74, 6) is 0. The molecule has 0 bridgehead atoms. The van der Waals surface area contributed by atoms with Gasteiger partial charge in [-0.05, 0) is 153 Å². The van der Waals surface area contributed by atoms with Crippen LogP contribution in [0.1, 0.15) is 0 Å². The second-order valence-electron chi connectivity index (χ2n) is 17.8. The van der Waals surface area contributed by atoms with Crippen LogP contribution in [-0.4, -0.2) is 0 Å². The van der Waals surface area contributed by atoms with Crippen molar-refractivity contribution in [3.05, 3.63) is 218 Å². The van der Waals surface area contributed by atoms with Crippen molar-refractivity contribution in [2.45, 2.75) is 0 Å². The molecule has 0 nitrogen and oxygen atoms in total. The zero-order valence-electron chi connectivity index (χ0n) is 34.8. The molecule has 1 aliphatic rings. The van der Waals surface area contributed by atoms with Gasteiger partial charge in [0.25, 0.3) is 0 Å². The van der Waals surface area contributed by atoms with E-state index in [-0.39, 0.29) is 0 Å². The Hall–Kier alpha value is -8.32. The van der Waals surface area contributed by atoms with Gasteiger partial charge in [0, 0.05) is 0 Å². The number of benzene rings is 14. The molecule has 1 aliphatic carbocycles. The van der Waals surface area contributed by atoms with Gasteiger partial charge >= 0.3 is 0 Å². The normalized spacial score (nSPS) is 12.4. The Kier molecular flexibility index (Phi) is 6.77. The summed E-state index contributed by atoms with van der Waals surface area (Å²) in [5.41, 5.74) is 15.2. The first-order chi connectivity index (χ1) is 31.8. The minimum atomic E-state index is 1.22. The van der Waals surface area contributed by atoms with Crippen molar-refractivity contribution in [3.8, 4) is 66.8 Å². The van der Waals surface area contributed by atoms with E-state index in [2.05, 4.69) is 218 Å². The highest BCUT2D eigenvalue weighted by Gasteiger charge is 2.34. The molecule has 64 heavy (non-hydrogen) atoms. The van der Waals surface area contributed by atoms with Crippen LogP contribution in [0.2, 0.25) is 0 Å². The first-order valence-electron chi connectivity index (χ1n) is 22.4. The summed E-state index contributed by atoms with van der Waals surface area (Å²) in [6.07, 6.45) is 0. The summed E-state index contributed by atoms with van der Waals surface area (Å²) >= 11 is 0. The number of rotatable bonds is 4. The highest BCUT2D eigenvalue weighted by Crippen LogP contribution is 2.62. The lowest BCUT2D eigenvalue weighted by molar-refractivity contribution is 1.60. The SMILES string of the molecule is c1ccc(-c2ccc(-c3c4c(c(-c5ccc(-c6ccccc6)cc5)c5c6cccc7ccc8cccc(c35)c8c76)-c3ccc5c6cccc7cccc(c8ccc-4c3c85)c76)cc2)cc1. The Bertz CT molecular complexity index is 3970. The molecular weight excluding hydrogens is 769 g/mol. The standard InChI is InChI=1S/C64H36/c1-3-11-37(12-4-1)39-23-27-44(28-24-39)57-61-50-21-9-17-42-31-32-43-18-10-22-51(56(43)55(42)50)62(61)58(45-29-25-40(26-30-45)38-13-5-2-6-14-38)64-53-36-34-49-47-20-8-16-41-15-7-19-46(54(41)47)48-33-35-52(63(57)64)60(53)59(48)49/h1-36H. The van der Waals surface area contributed by atoms with Crippen molar-refractivity contribution in [2.24, 2.45) is 0 Å².